The van der Waals surface area contributed by atoms with Crippen LogP contribution in [-0.2, 0) is 6.54 Å². The maximum Gasteiger partial charge on any atom is 0.335 e. The van der Waals surface area contributed by atoms with Crippen LogP contribution in [0.1, 0.15) is 71.3 Å². The summed E-state index contributed by atoms with van der Waals surface area (Å²) >= 11 is 0. The smallest absolute Gasteiger partial charge is 0.335 e. The predicted octanol–water partition coefficient (Wildman–Crippen LogP) is 5.91. The second-order valence-corrected chi connectivity index (χ2v) is 9.40. The lowest BCUT2D eigenvalue weighted by molar-refractivity contribution is 0.0696. The lowest BCUT2D eigenvalue weighted by atomic mass is 9.83. The van der Waals surface area contributed by atoms with Crippen LogP contribution in [-0.4, -0.2) is 27.5 Å². The van der Waals surface area contributed by atoms with E-state index in [1.807, 2.05) is 25.3 Å². The minimum Gasteiger partial charge on any atom is -0.478 e. The zero-order valence-corrected chi connectivity index (χ0v) is 18.8. The van der Waals surface area contributed by atoms with Gasteiger partial charge in [0.15, 0.2) is 0 Å². The van der Waals surface area contributed by atoms with E-state index < -0.39 is 5.97 Å². The molecule has 0 amide bonds. The van der Waals surface area contributed by atoms with E-state index in [0.717, 1.165) is 36.9 Å². The lowest BCUT2D eigenvalue weighted by Crippen LogP contribution is -2.37. The van der Waals surface area contributed by atoms with Gasteiger partial charge in [0.2, 0.25) is 0 Å². The number of hydrogen-bond donors (Lipinski definition) is 2. The third kappa shape index (κ3) is 3.94. The first-order valence-electron chi connectivity index (χ1n) is 11.6. The molecule has 164 valence electrons. The highest BCUT2D eigenvalue weighted by atomic mass is 16.4. The summed E-state index contributed by atoms with van der Waals surface area (Å²) in [5, 5.41) is 10.6. The number of nitrogens with one attached hydrogen (secondary N) is 1. The SMILES string of the molecule is CC#Cc1cc(C)c2[nH]ccc2c1CN1CC[C@@H](C2CC2)C[C@H]1c1ccc(C(=O)O)cc1. The molecule has 1 aliphatic heterocycles. The van der Waals surface area contributed by atoms with Crippen LogP contribution in [0, 0.1) is 30.6 Å². The van der Waals surface area contributed by atoms with Crippen molar-refractivity contribution in [3.8, 4) is 11.8 Å². The Hall–Kier alpha value is -3.03. The lowest BCUT2D eigenvalue weighted by Gasteiger charge is -2.40. The molecule has 4 nitrogen and oxygen atoms in total. The van der Waals surface area contributed by atoms with Crippen molar-refractivity contribution in [2.45, 2.75) is 52.1 Å². The fourth-order valence-corrected chi connectivity index (χ4v) is 5.51. The standard InChI is InChI=1S/C28H30N2O2/c1-3-4-23-15-18(2)27-24(11-13-29-27)25(23)17-30-14-12-22(19-5-6-19)16-26(30)20-7-9-21(10-8-20)28(31)32/h7-11,13,15,19,22,26,29H,5-6,12,14,16-17H2,1-2H3,(H,31,32)/t22-,26+/m1/s1. The van der Waals surface area contributed by atoms with Crippen molar-refractivity contribution in [1.82, 2.24) is 9.88 Å². The van der Waals surface area contributed by atoms with Crippen LogP contribution in [0.3, 0.4) is 0 Å². The normalized spacial score (nSPS) is 21.3. The summed E-state index contributed by atoms with van der Waals surface area (Å²) < 4.78 is 0. The van der Waals surface area contributed by atoms with Gasteiger partial charge in [0.05, 0.1) is 5.56 Å². The number of carboxylic acids is 1. The van der Waals surface area contributed by atoms with Crippen molar-refractivity contribution in [2.75, 3.05) is 6.54 Å². The van der Waals surface area contributed by atoms with Crippen LogP contribution < -0.4 is 0 Å². The highest BCUT2D eigenvalue weighted by Crippen LogP contribution is 2.47. The Balaban J connectivity index is 1.51. The van der Waals surface area contributed by atoms with E-state index in [-0.39, 0.29) is 0 Å². The number of aromatic amines is 1. The number of nitrogens with zero attached hydrogens (tertiary/aromatic N) is 1. The third-order valence-corrected chi connectivity index (χ3v) is 7.36. The van der Waals surface area contributed by atoms with E-state index in [2.05, 4.69) is 40.8 Å². The summed E-state index contributed by atoms with van der Waals surface area (Å²) in [6.07, 6.45) is 7.14. The van der Waals surface area contributed by atoms with Crippen LogP contribution in [0.4, 0.5) is 0 Å². The van der Waals surface area contributed by atoms with Crippen LogP contribution in [0.15, 0.2) is 42.6 Å². The number of piperidine rings is 1. The van der Waals surface area contributed by atoms with Crippen molar-refractivity contribution in [2.24, 2.45) is 11.8 Å². The Kier molecular flexibility index (Phi) is 5.53. The number of benzene rings is 2. The number of carbonyl (C=O) groups is 1. The quantitative estimate of drug-likeness (QED) is 0.499. The summed E-state index contributed by atoms with van der Waals surface area (Å²) in [7, 11) is 0. The number of hydrogen-bond acceptors (Lipinski definition) is 2. The summed E-state index contributed by atoms with van der Waals surface area (Å²) in [4.78, 5) is 17.3. The van der Waals surface area contributed by atoms with Gasteiger partial charge in [0.25, 0.3) is 0 Å². The van der Waals surface area contributed by atoms with E-state index in [4.69, 9.17) is 0 Å². The molecule has 0 spiro atoms. The predicted molar refractivity (Wildman–Crippen MR) is 128 cm³/mol. The average molecular weight is 427 g/mol. The van der Waals surface area contributed by atoms with Gasteiger partial charge in [0, 0.05) is 35.2 Å². The number of carboxylic acid groups (broad SMARTS) is 1. The number of aromatic carboxylic acids is 1. The number of H-pyrrole nitrogens is 1. The second kappa shape index (κ2) is 8.48. The molecule has 1 saturated carbocycles. The molecule has 1 saturated heterocycles. The molecular weight excluding hydrogens is 396 g/mol. The molecule has 2 atom stereocenters. The molecule has 5 rings (SSSR count). The van der Waals surface area contributed by atoms with Gasteiger partial charge in [-0.15, -0.1) is 5.92 Å². The molecule has 1 aliphatic carbocycles. The fourth-order valence-electron chi connectivity index (χ4n) is 5.51. The minimum absolute atomic E-state index is 0.301. The number of likely N-dealkylation sites (tertiary alicyclic amines) is 1. The Labute approximate surface area is 189 Å². The fraction of sp³-hybridized carbons (Fsp3) is 0.393. The van der Waals surface area contributed by atoms with Crippen molar-refractivity contribution in [3.63, 3.8) is 0 Å². The molecule has 3 aromatic rings. The van der Waals surface area contributed by atoms with Gasteiger partial charge < -0.3 is 10.1 Å². The van der Waals surface area contributed by atoms with Gasteiger partial charge in [0.1, 0.15) is 0 Å². The third-order valence-electron chi connectivity index (χ3n) is 7.36. The van der Waals surface area contributed by atoms with E-state index >= 15 is 0 Å². The number of fused-ring (bicyclic) bond motifs is 1. The Bertz CT molecular complexity index is 1210. The van der Waals surface area contributed by atoms with E-state index in [9.17, 15) is 9.90 Å². The molecule has 2 aliphatic rings. The Morgan fingerprint density at radius 1 is 1.16 bits per heavy atom. The van der Waals surface area contributed by atoms with Crippen LogP contribution in [0.5, 0.6) is 0 Å². The van der Waals surface area contributed by atoms with Crippen LogP contribution in [0.25, 0.3) is 10.9 Å². The van der Waals surface area contributed by atoms with Crippen molar-refractivity contribution in [3.05, 3.63) is 70.4 Å². The first-order valence-corrected chi connectivity index (χ1v) is 11.6. The summed E-state index contributed by atoms with van der Waals surface area (Å²) in [5.41, 5.74) is 6.39. The van der Waals surface area contributed by atoms with Gasteiger partial charge in [-0.05, 0) is 98.9 Å². The van der Waals surface area contributed by atoms with Crippen LogP contribution >= 0.6 is 0 Å². The molecule has 2 aromatic carbocycles. The molecule has 2 fully saturated rings. The maximum absolute atomic E-state index is 11.3. The minimum atomic E-state index is -0.870. The average Bonchev–Trinajstić information content (AvgIpc) is 3.52. The zero-order chi connectivity index (χ0) is 22.2. The molecule has 0 unspecified atom stereocenters. The first-order chi connectivity index (χ1) is 15.5. The topological polar surface area (TPSA) is 56.3 Å². The number of aryl methyl sites for hydroxylation is 1. The molecule has 2 heterocycles. The van der Waals surface area contributed by atoms with Crippen molar-refractivity contribution in [1.29, 1.82) is 0 Å². The van der Waals surface area contributed by atoms with Crippen molar-refractivity contribution >= 4 is 16.9 Å². The summed E-state index contributed by atoms with van der Waals surface area (Å²) in [6.45, 7) is 5.94. The highest BCUT2D eigenvalue weighted by molar-refractivity contribution is 5.88. The zero-order valence-electron chi connectivity index (χ0n) is 18.8. The van der Waals surface area contributed by atoms with E-state index in [1.54, 1.807) is 12.1 Å². The molecule has 0 bridgehead atoms. The first kappa shape index (κ1) is 20.8. The Morgan fingerprint density at radius 2 is 1.94 bits per heavy atom. The Morgan fingerprint density at radius 3 is 2.62 bits per heavy atom. The summed E-state index contributed by atoms with van der Waals surface area (Å²) in [6, 6.07) is 12.2. The van der Waals surface area contributed by atoms with E-state index in [1.165, 1.54) is 46.9 Å². The largest absolute Gasteiger partial charge is 0.478 e. The van der Waals surface area contributed by atoms with Gasteiger partial charge in [-0.25, -0.2) is 4.79 Å². The van der Waals surface area contributed by atoms with Gasteiger partial charge in [-0.3, -0.25) is 4.90 Å². The second-order valence-electron chi connectivity index (χ2n) is 9.40. The maximum atomic E-state index is 11.3. The van der Waals surface area contributed by atoms with Crippen molar-refractivity contribution < 1.29 is 9.90 Å². The van der Waals surface area contributed by atoms with E-state index in [0.29, 0.717) is 11.6 Å². The number of aromatic nitrogens is 1. The molecular formula is C28H30N2O2. The molecule has 2 N–H and O–H groups in total. The summed E-state index contributed by atoms with van der Waals surface area (Å²) in [5.74, 6) is 7.23. The molecule has 4 heteroatoms. The van der Waals surface area contributed by atoms with Gasteiger partial charge >= 0.3 is 5.97 Å². The monoisotopic (exact) mass is 426 g/mol. The highest BCUT2D eigenvalue weighted by Gasteiger charge is 2.38. The molecule has 32 heavy (non-hydrogen) atoms. The number of rotatable bonds is 5. The molecule has 1 aromatic heterocycles. The van der Waals surface area contributed by atoms with Gasteiger partial charge in [-0.1, -0.05) is 18.1 Å². The molecule has 0 radical (unpaired) electrons. The van der Waals surface area contributed by atoms with Gasteiger partial charge in [-0.2, -0.15) is 0 Å². The van der Waals surface area contributed by atoms with Crippen LogP contribution in [0.2, 0.25) is 0 Å².